The molecule has 0 bridgehead atoms. The second kappa shape index (κ2) is 6.22. The van der Waals surface area contributed by atoms with Gasteiger partial charge in [0.05, 0.1) is 23.4 Å². The maximum Gasteiger partial charge on any atom is 0.418 e. The number of halogens is 4. The standard InChI is InChI=1S/C14H12ClF3N2O/c1-21-12-6-5-9(7-19-12)8-20-13-10(14(16,17)18)3-2-4-11(13)15/h2-7,20H,8H2,1H3. The van der Waals surface area contributed by atoms with Gasteiger partial charge in [-0.25, -0.2) is 4.98 Å². The fraction of sp³-hybridized carbons (Fsp3) is 0.214. The largest absolute Gasteiger partial charge is 0.481 e. The Kier molecular flexibility index (Phi) is 4.57. The number of benzene rings is 1. The Balaban J connectivity index is 2.19. The summed E-state index contributed by atoms with van der Waals surface area (Å²) in [7, 11) is 1.49. The average Bonchev–Trinajstić information content (AvgIpc) is 2.45. The van der Waals surface area contributed by atoms with E-state index in [2.05, 4.69) is 10.3 Å². The summed E-state index contributed by atoms with van der Waals surface area (Å²) in [5, 5.41) is 2.73. The van der Waals surface area contributed by atoms with Gasteiger partial charge in [-0.3, -0.25) is 0 Å². The first-order valence-corrected chi connectivity index (χ1v) is 6.38. The lowest BCUT2D eigenvalue weighted by Crippen LogP contribution is -2.11. The number of rotatable bonds is 4. The molecule has 112 valence electrons. The van der Waals surface area contributed by atoms with Gasteiger partial charge in [0.1, 0.15) is 0 Å². The molecule has 0 amide bonds. The van der Waals surface area contributed by atoms with Crippen LogP contribution in [-0.2, 0) is 12.7 Å². The number of aromatic nitrogens is 1. The zero-order valence-electron chi connectivity index (χ0n) is 11.0. The van der Waals surface area contributed by atoms with Gasteiger partial charge in [-0.2, -0.15) is 13.2 Å². The molecule has 7 heteroatoms. The van der Waals surface area contributed by atoms with E-state index in [-0.39, 0.29) is 17.3 Å². The molecule has 1 aromatic heterocycles. The maximum absolute atomic E-state index is 12.9. The van der Waals surface area contributed by atoms with Crippen molar-refractivity contribution < 1.29 is 17.9 Å². The van der Waals surface area contributed by atoms with Crippen LogP contribution in [0.4, 0.5) is 18.9 Å². The van der Waals surface area contributed by atoms with E-state index >= 15 is 0 Å². The topological polar surface area (TPSA) is 34.1 Å². The molecule has 0 spiro atoms. The van der Waals surface area contributed by atoms with E-state index in [1.54, 1.807) is 12.1 Å². The van der Waals surface area contributed by atoms with Crippen LogP contribution < -0.4 is 10.1 Å². The fourth-order valence-corrected chi connectivity index (χ4v) is 2.01. The summed E-state index contributed by atoms with van der Waals surface area (Å²) in [6.07, 6.45) is -2.94. The van der Waals surface area contributed by atoms with Gasteiger partial charge in [-0.05, 0) is 17.7 Å². The summed E-state index contributed by atoms with van der Waals surface area (Å²) in [6, 6.07) is 7.01. The van der Waals surface area contributed by atoms with Crippen LogP contribution in [-0.4, -0.2) is 12.1 Å². The van der Waals surface area contributed by atoms with Gasteiger partial charge in [0.2, 0.25) is 5.88 Å². The normalized spacial score (nSPS) is 11.3. The molecule has 1 heterocycles. The SMILES string of the molecule is COc1ccc(CNc2c(Cl)cccc2C(F)(F)F)cn1. The highest BCUT2D eigenvalue weighted by atomic mass is 35.5. The van der Waals surface area contributed by atoms with Crippen molar-refractivity contribution in [3.63, 3.8) is 0 Å². The third-order valence-corrected chi connectivity index (χ3v) is 3.11. The summed E-state index contributed by atoms with van der Waals surface area (Å²) in [5.74, 6) is 0.437. The van der Waals surface area contributed by atoms with Crippen LogP contribution in [0, 0.1) is 0 Å². The molecule has 0 aliphatic heterocycles. The second-order valence-corrected chi connectivity index (χ2v) is 4.63. The van der Waals surface area contributed by atoms with Gasteiger partial charge in [0, 0.05) is 18.8 Å². The Morgan fingerprint density at radius 3 is 2.57 bits per heavy atom. The lowest BCUT2D eigenvalue weighted by molar-refractivity contribution is -0.136. The van der Waals surface area contributed by atoms with Crippen molar-refractivity contribution in [2.24, 2.45) is 0 Å². The highest BCUT2D eigenvalue weighted by Crippen LogP contribution is 2.38. The molecule has 1 N–H and O–H groups in total. The zero-order chi connectivity index (χ0) is 15.5. The summed E-state index contributed by atoms with van der Waals surface area (Å²) >= 11 is 5.85. The Morgan fingerprint density at radius 1 is 1.24 bits per heavy atom. The Morgan fingerprint density at radius 2 is 2.00 bits per heavy atom. The van der Waals surface area contributed by atoms with Crippen molar-refractivity contribution in [1.82, 2.24) is 4.98 Å². The van der Waals surface area contributed by atoms with Gasteiger partial charge >= 0.3 is 6.18 Å². The van der Waals surface area contributed by atoms with Crippen molar-refractivity contribution in [2.75, 3.05) is 12.4 Å². The minimum Gasteiger partial charge on any atom is -0.481 e. The molecule has 0 saturated carbocycles. The van der Waals surface area contributed by atoms with E-state index < -0.39 is 11.7 Å². The first-order chi connectivity index (χ1) is 9.91. The minimum atomic E-state index is -4.47. The van der Waals surface area contributed by atoms with Crippen LogP contribution in [0.2, 0.25) is 5.02 Å². The molecule has 0 saturated heterocycles. The molecule has 0 radical (unpaired) electrons. The minimum absolute atomic E-state index is 0.0197. The van der Waals surface area contributed by atoms with Gasteiger partial charge in [-0.15, -0.1) is 0 Å². The number of ether oxygens (including phenoxy) is 1. The zero-order valence-corrected chi connectivity index (χ0v) is 11.8. The second-order valence-electron chi connectivity index (χ2n) is 4.22. The highest BCUT2D eigenvalue weighted by Gasteiger charge is 2.34. The lowest BCUT2D eigenvalue weighted by atomic mass is 10.1. The van der Waals surface area contributed by atoms with E-state index in [0.29, 0.717) is 11.4 Å². The van der Waals surface area contributed by atoms with Gasteiger partial charge in [-0.1, -0.05) is 23.7 Å². The average molecular weight is 317 g/mol. The Bertz CT molecular complexity index is 615. The molecule has 21 heavy (non-hydrogen) atoms. The number of nitrogens with zero attached hydrogens (tertiary/aromatic N) is 1. The van der Waals surface area contributed by atoms with E-state index in [9.17, 15) is 13.2 Å². The number of pyridine rings is 1. The van der Waals surface area contributed by atoms with Crippen LogP contribution in [0.3, 0.4) is 0 Å². The summed E-state index contributed by atoms with van der Waals surface area (Å²) in [6.45, 7) is 0.170. The summed E-state index contributed by atoms with van der Waals surface area (Å²) < 4.78 is 43.7. The van der Waals surface area contributed by atoms with Crippen LogP contribution in [0.15, 0.2) is 36.5 Å². The highest BCUT2D eigenvalue weighted by molar-refractivity contribution is 6.33. The molecule has 0 unspecified atom stereocenters. The Hall–Kier alpha value is -1.95. The van der Waals surface area contributed by atoms with E-state index in [1.807, 2.05) is 0 Å². The van der Waals surface area contributed by atoms with Crippen molar-refractivity contribution >= 4 is 17.3 Å². The number of alkyl halides is 3. The third kappa shape index (κ3) is 3.78. The summed E-state index contributed by atoms with van der Waals surface area (Å²) in [5.41, 5.74) is -0.220. The van der Waals surface area contributed by atoms with Crippen molar-refractivity contribution in [3.05, 3.63) is 52.7 Å². The number of para-hydroxylation sites is 1. The molecular weight excluding hydrogens is 305 g/mol. The quantitative estimate of drug-likeness (QED) is 0.909. The maximum atomic E-state index is 12.9. The first kappa shape index (κ1) is 15.4. The molecule has 0 aliphatic carbocycles. The van der Waals surface area contributed by atoms with Crippen LogP contribution in [0.1, 0.15) is 11.1 Å². The van der Waals surface area contributed by atoms with Gasteiger partial charge in [0.25, 0.3) is 0 Å². The van der Waals surface area contributed by atoms with Crippen LogP contribution in [0.25, 0.3) is 0 Å². The Labute approximate surface area is 124 Å². The van der Waals surface area contributed by atoms with Crippen LogP contribution in [0.5, 0.6) is 5.88 Å². The first-order valence-electron chi connectivity index (χ1n) is 6.00. The molecule has 0 fully saturated rings. The third-order valence-electron chi connectivity index (χ3n) is 2.80. The van der Waals surface area contributed by atoms with Crippen LogP contribution >= 0.6 is 11.6 Å². The lowest BCUT2D eigenvalue weighted by Gasteiger charge is -2.16. The number of methoxy groups -OCH3 is 1. The monoisotopic (exact) mass is 316 g/mol. The summed E-state index contributed by atoms with van der Waals surface area (Å²) in [4.78, 5) is 3.99. The van der Waals surface area contributed by atoms with E-state index in [0.717, 1.165) is 6.07 Å². The van der Waals surface area contributed by atoms with E-state index in [4.69, 9.17) is 16.3 Å². The predicted octanol–water partition coefficient (Wildman–Crippen LogP) is 4.37. The molecule has 2 aromatic rings. The molecule has 0 atom stereocenters. The molecule has 3 nitrogen and oxygen atoms in total. The number of hydrogen-bond acceptors (Lipinski definition) is 3. The van der Waals surface area contributed by atoms with Gasteiger partial charge < -0.3 is 10.1 Å². The van der Waals surface area contributed by atoms with Crippen molar-refractivity contribution in [3.8, 4) is 5.88 Å². The number of hydrogen-bond donors (Lipinski definition) is 1. The molecule has 0 aliphatic rings. The van der Waals surface area contributed by atoms with Crippen molar-refractivity contribution in [2.45, 2.75) is 12.7 Å². The molecule has 1 aromatic carbocycles. The smallest absolute Gasteiger partial charge is 0.418 e. The number of nitrogens with one attached hydrogen (secondary N) is 1. The van der Waals surface area contributed by atoms with Gasteiger partial charge in [0.15, 0.2) is 0 Å². The van der Waals surface area contributed by atoms with Crippen molar-refractivity contribution in [1.29, 1.82) is 0 Å². The predicted molar refractivity (Wildman–Crippen MR) is 74.6 cm³/mol. The van der Waals surface area contributed by atoms with E-state index in [1.165, 1.54) is 25.4 Å². The molecule has 2 rings (SSSR count). The number of anilines is 1. The fourth-order valence-electron chi connectivity index (χ4n) is 1.77. The molecular formula is C14H12ClF3N2O.